The molecule has 0 aromatic carbocycles. The van der Waals surface area contributed by atoms with Crippen molar-refractivity contribution >= 4 is 6.03 Å². The normalized spacial score (nSPS) is 41.2. The zero-order valence-electron chi connectivity index (χ0n) is 11.3. The first-order valence-corrected chi connectivity index (χ1v) is 7.58. The first kappa shape index (κ1) is 13.2. The molecule has 2 bridgehead atoms. The Bertz CT molecular complexity index is 329. The molecule has 2 heterocycles. The highest BCUT2D eigenvalue weighted by atomic mass is 16.5. The van der Waals surface area contributed by atoms with Gasteiger partial charge in [-0.25, -0.2) is 4.79 Å². The van der Waals surface area contributed by atoms with Crippen LogP contribution in [0.2, 0.25) is 0 Å². The molecule has 2 saturated heterocycles. The molecule has 108 valence electrons. The molecule has 3 N–H and O–H groups in total. The number of carbonyl (C=O) groups is 1. The first-order chi connectivity index (χ1) is 9.24. The van der Waals surface area contributed by atoms with E-state index >= 15 is 0 Å². The van der Waals surface area contributed by atoms with E-state index in [0.717, 1.165) is 44.9 Å². The van der Waals surface area contributed by atoms with E-state index in [0.29, 0.717) is 12.0 Å². The van der Waals surface area contributed by atoms with E-state index in [1.165, 1.54) is 0 Å². The van der Waals surface area contributed by atoms with Crippen molar-refractivity contribution in [2.75, 3.05) is 6.61 Å². The van der Waals surface area contributed by atoms with Crippen molar-refractivity contribution in [2.45, 2.75) is 69.2 Å². The number of nitrogens with one attached hydrogen (secondary N) is 2. The lowest BCUT2D eigenvalue weighted by atomic mass is 9.86. The molecule has 0 spiro atoms. The summed E-state index contributed by atoms with van der Waals surface area (Å²) in [5.74, 6) is 0.431. The molecule has 0 aromatic rings. The number of aliphatic hydroxyl groups excluding tert-OH is 1. The predicted octanol–water partition coefficient (Wildman–Crippen LogP) is 1.16. The zero-order valence-corrected chi connectivity index (χ0v) is 11.3. The van der Waals surface area contributed by atoms with Gasteiger partial charge < -0.3 is 20.5 Å². The van der Waals surface area contributed by atoms with Crippen LogP contribution in [-0.2, 0) is 4.74 Å². The Morgan fingerprint density at radius 1 is 1.11 bits per heavy atom. The van der Waals surface area contributed by atoms with Gasteiger partial charge in [-0.1, -0.05) is 0 Å². The fourth-order valence-electron chi connectivity index (χ4n) is 3.67. The van der Waals surface area contributed by atoms with Gasteiger partial charge in [-0.2, -0.15) is 0 Å². The van der Waals surface area contributed by atoms with Gasteiger partial charge in [0.1, 0.15) is 0 Å². The van der Waals surface area contributed by atoms with Gasteiger partial charge in [-0.3, -0.25) is 0 Å². The Kier molecular flexibility index (Phi) is 3.93. The second kappa shape index (κ2) is 5.67. The van der Waals surface area contributed by atoms with E-state index in [2.05, 4.69) is 10.6 Å². The predicted molar refractivity (Wildman–Crippen MR) is 70.8 cm³/mol. The summed E-state index contributed by atoms with van der Waals surface area (Å²) < 4.78 is 5.73. The Morgan fingerprint density at radius 3 is 2.47 bits per heavy atom. The van der Waals surface area contributed by atoms with E-state index in [-0.39, 0.29) is 30.8 Å². The Balaban J connectivity index is 1.40. The van der Waals surface area contributed by atoms with Gasteiger partial charge in [0.2, 0.25) is 0 Å². The van der Waals surface area contributed by atoms with Crippen LogP contribution in [0.1, 0.15) is 44.9 Å². The molecular weight excluding hydrogens is 244 g/mol. The molecule has 3 rings (SSSR count). The van der Waals surface area contributed by atoms with Crippen molar-refractivity contribution in [3.05, 3.63) is 0 Å². The highest BCUT2D eigenvalue weighted by Crippen LogP contribution is 2.34. The maximum Gasteiger partial charge on any atom is 0.315 e. The third-order valence-electron chi connectivity index (χ3n) is 4.86. The van der Waals surface area contributed by atoms with Crippen molar-refractivity contribution in [1.29, 1.82) is 0 Å². The average Bonchev–Trinajstić information content (AvgIpc) is 3.02. The van der Waals surface area contributed by atoms with Gasteiger partial charge in [0.25, 0.3) is 0 Å². The van der Waals surface area contributed by atoms with Crippen LogP contribution in [0.5, 0.6) is 0 Å². The number of aliphatic hydroxyl groups is 1. The number of ether oxygens (including phenoxy) is 1. The van der Waals surface area contributed by atoms with Crippen LogP contribution in [0.25, 0.3) is 0 Å². The summed E-state index contributed by atoms with van der Waals surface area (Å²) >= 11 is 0. The fourth-order valence-corrected chi connectivity index (χ4v) is 3.67. The minimum atomic E-state index is -0.0476. The number of carbonyl (C=O) groups excluding carboxylic acids is 1. The molecule has 1 saturated carbocycles. The maximum atomic E-state index is 12.0. The molecule has 3 atom stereocenters. The summed E-state index contributed by atoms with van der Waals surface area (Å²) in [6.07, 6.45) is 7.79. The first-order valence-electron chi connectivity index (χ1n) is 7.58. The van der Waals surface area contributed by atoms with E-state index in [4.69, 9.17) is 9.84 Å². The largest absolute Gasteiger partial charge is 0.396 e. The van der Waals surface area contributed by atoms with Gasteiger partial charge in [0.05, 0.1) is 18.2 Å². The van der Waals surface area contributed by atoms with Crippen molar-refractivity contribution in [1.82, 2.24) is 10.6 Å². The Labute approximate surface area is 114 Å². The highest BCUT2D eigenvalue weighted by molar-refractivity contribution is 5.74. The number of urea groups is 1. The molecule has 1 aliphatic carbocycles. The minimum absolute atomic E-state index is 0.0476. The molecule has 2 amide bonds. The fraction of sp³-hybridized carbons (Fsp3) is 0.929. The van der Waals surface area contributed by atoms with Crippen LogP contribution in [-0.4, -0.2) is 42.0 Å². The lowest BCUT2D eigenvalue weighted by Gasteiger charge is -2.29. The summed E-state index contributed by atoms with van der Waals surface area (Å²) in [6.45, 7) is 0.279. The number of hydrogen-bond donors (Lipinski definition) is 3. The van der Waals surface area contributed by atoms with Crippen molar-refractivity contribution in [3.8, 4) is 0 Å². The number of rotatable bonds is 3. The molecular formula is C14H24N2O3. The Hall–Kier alpha value is -0.810. The number of fused-ring (bicyclic) bond motifs is 2. The third kappa shape index (κ3) is 3.03. The molecule has 3 fully saturated rings. The van der Waals surface area contributed by atoms with E-state index in [1.54, 1.807) is 0 Å². The smallest absolute Gasteiger partial charge is 0.315 e. The van der Waals surface area contributed by atoms with Gasteiger partial charge in [0, 0.05) is 12.6 Å². The van der Waals surface area contributed by atoms with Gasteiger partial charge >= 0.3 is 6.03 Å². The van der Waals surface area contributed by atoms with Crippen LogP contribution in [0.3, 0.4) is 0 Å². The van der Waals surface area contributed by atoms with Gasteiger partial charge in [-0.15, -0.1) is 0 Å². The summed E-state index contributed by atoms with van der Waals surface area (Å²) in [7, 11) is 0. The van der Waals surface area contributed by atoms with Crippen LogP contribution in [0.4, 0.5) is 4.79 Å². The minimum Gasteiger partial charge on any atom is -0.396 e. The summed E-state index contributed by atoms with van der Waals surface area (Å²) in [6, 6.07) is 0.420. The van der Waals surface area contributed by atoms with Crippen LogP contribution >= 0.6 is 0 Å². The van der Waals surface area contributed by atoms with E-state index in [1.807, 2.05) is 0 Å². The molecule has 0 aromatic heterocycles. The number of amides is 2. The topological polar surface area (TPSA) is 70.6 Å². The summed E-state index contributed by atoms with van der Waals surface area (Å²) in [5, 5.41) is 15.2. The van der Waals surface area contributed by atoms with Crippen LogP contribution in [0, 0.1) is 5.92 Å². The quantitative estimate of drug-likeness (QED) is 0.719. The SMILES string of the molecule is O=C(NC1CCC(CO)CC1)NC1CC2CCC1O2. The second-order valence-electron chi connectivity index (χ2n) is 6.23. The number of hydrogen-bond acceptors (Lipinski definition) is 3. The zero-order chi connectivity index (χ0) is 13.2. The molecule has 5 nitrogen and oxygen atoms in total. The maximum absolute atomic E-state index is 12.0. The lowest BCUT2D eigenvalue weighted by molar-refractivity contribution is 0.0979. The Morgan fingerprint density at radius 2 is 1.89 bits per heavy atom. The second-order valence-corrected chi connectivity index (χ2v) is 6.23. The molecule has 0 radical (unpaired) electrons. The average molecular weight is 268 g/mol. The standard InChI is InChI=1S/C14H24N2O3/c17-8-9-1-3-10(4-2-9)15-14(18)16-12-7-11-5-6-13(12)19-11/h9-13,17H,1-8H2,(H2,15,16,18). The third-order valence-corrected chi connectivity index (χ3v) is 4.86. The monoisotopic (exact) mass is 268 g/mol. The summed E-state index contributed by atoms with van der Waals surface area (Å²) in [5.41, 5.74) is 0. The molecule has 3 aliphatic rings. The molecule has 5 heteroatoms. The van der Waals surface area contributed by atoms with E-state index in [9.17, 15) is 4.79 Å². The lowest BCUT2D eigenvalue weighted by Crippen LogP contribution is -2.50. The van der Waals surface area contributed by atoms with Crippen LogP contribution in [0.15, 0.2) is 0 Å². The van der Waals surface area contributed by atoms with Crippen molar-refractivity contribution < 1.29 is 14.6 Å². The molecule has 3 unspecified atom stereocenters. The van der Waals surface area contributed by atoms with Crippen molar-refractivity contribution in [2.24, 2.45) is 5.92 Å². The highest BCUT2D eigenvalue weighted by Gasteiger charge is 2.41. The van der Waals surface area contributed by atoms with Gasteiger partial charge in [-0.05, 0) is 50.9 Å². The van der Waals surface area contributed by atoms with Gasteiger partial charge in [0.15, 0.2) is 0 Å². The summed E-state index contributed by atoms with van der Waals surface area (Å²) in [4.78, 5) is 12.0. The molecule has 2 aliphatic heterocycles. The van der Waals surface area contributed by atoms with Crippen molar-refractivity contribution in [3.63, 3.8) is 0 Å². The van der Waals surface area contributed by atoms with E-state index < -0.39 is 0 Å². The molecule has 19 heavy (non-hydrogen) atoms. The van der Waals surface area contributed by atoms with Crippen LogP contribution < -0.4 is 10.6 Å².